The average Bonchev–Trinajstić information content (AvgIpc) is 3.15. The third-order valence-electron chi connectivity index (χ3n) is 7.95. The fourth-order valence-corrected chi connectivity index (χ4v) is 5.67. The van der Waals surface area contributed by atoms with Crippen molar-refractivity contribution in [3.05, 3.63) is 108 Å². The second-order valence-corrected chi connectivity index (χ2v) is 10.9. The third-order valence-corrected chi connectivity index (χ3v) is 7.95. The smallest absolute Gasteiger partial charge is 0.240 e. The Morgan fingerprint density at radius 1 is 0.878 bits per heavy atom. The molecule has 1 heterocycles. The zero-order valence-electron chi connectivity index (χ0n) is 23.6. The van der Waals surface area contributed by atoms with Crippen LogP contribution in [0, 0.1) is 0 Å². The Morgan fingerprint density at radius 3 is 2.41 bits per heavy atom. The minimum absolute atomic E-state index is 0.0119. The molecule has 1 aliphatic heterocycles. The summed E-state index contributed by atoms with van der Waals surface area (Å²) in [5.74, 6) is 0.115. The number of nitrogens with two attached hydrogens (primary N) is 1. The first kappa shape index (κ1) is 28.5. The molecule has 212 valence electrons. The van der Waals surface area contributed by atoms with Gasteiger partial charge in [0, 0.05) is 25.7 Å². The zero-order valence-corrected chi connectivity index (χ0v) is 23.6. The third kappa shape index (κ3) is 7.60. The lowest BCUT2D eigenvalue weighted by Crippen LogP contribution is -2.48. The Balaban J connectivity index is 1.20. The maximum absolute atomic E-state index is 13.7. The van der Waals surface area contributed by atoms with Gasteiger partial charge in [-0.25, -0.2) is 0 Å². The summed E-state index contributed by atoms with van der Waals surface area (Å²) in [5.41, 5.74) is 10.2. The number of hydrogen-bond acceptors (Lipinski definition) is 4. The van der Waals surface area contributed by atoms with Gasteiger partial charge in [-0.3, -0.25) is 9.59 Å². The topological polar surface area (TPSA) is 87.5 Å². The maximum atomic E-state index is 13.7. The molecule has 0 aliphatic carbocycles. The molecule has 1 aliphatic rings. The molecule has 0 radical (unpaired) electrons. The van der Waals surface area contributed by atoms with Gasteiger partial charge < -0.3 is 21.3 Å². The number of nitrogens with zero attached hydrogens (tertiary/aromatic N) is 1. The Bertz CT molecular complexity index is 1430. The highest BCUT2D eigenvalue weighted by Crippen LogP contribution is 2.23. The first-order chi connectivity index (χ1) is 20.1. The Hall–Kier alpha value is -4.00. The first-order valence-corrected chi connectivity index (χ1v) is 14.7. The minimum Gasteiger partial charge on any atom is -0.354 e. The van der Waals surface area contributed by atoms with Crippen LogP contribution in [0.25, 0.3) is 21.9 Å². The van der Waals surface area contributed by atoms with Gasteiger partial charge in [-0.05, 0) is 58.8 Å². The zero-order chi connectivity index (χ0) is 28.4. The summed E-state index contributed by atoms with van der Waals surface area (Å²) in [6, 6.07) is 32.7. The van der Waals surface area contributed by atoms with Crippen molar-refractivity contribution in [2.45, 2.75) is 50.7 Å². The van der Waals surface area contributed by atoms with Gasteiger partial charge in [0.1, 0.15) is 0 Å². The lowest BCUT2D eigenvalue weighted by atomic mass is 10.0. The molecule has 4 aromatic carbocycles. The Labute approximate surface area is 242 Å². The average molecular weight is 549 g/mol. The number of rotatable bonds is 11. The van der Waals surface area contributed by atoms with Gasteiger partial charge in [-0.15, -0.1) is 0 Å². The molecule has 5 rings (SSSR count). The molecule has 4 aromatic rings. The number of fused-ring (bicyclic) bond motifs is 1. The van der Waals surface area contributed by atoms with E-state index in [4.69, 9.17) is 5.73 Å². The second-order valence-electron chi connectivity index (χ2n) is 10.9. The summed E-state index contributed by atoms with van der Waals surface area (Å²) < 4.78 is 0. The van der Waals surface area contributed by atoms with Crippen LogP contribution in [0.5, 0.6) is 0 Å². The van der Waals surface area contributed by atoms with Crippen LogP contribution in [0.15, 0.2) is 97.1 Å². The second kappa shape index (κ2) is 14.1. The predicted molar refractivity (Wildman–Crippen MR) is 166 cm³/mol. The fraction of sp³-hybridized carbons (Fsp3) is 0.314. The number of amides is 2. The van der Waals surface area contributed by atoms with E-state index in [2.05, 4.69) is 65.2 Å². The van der Waals surface area contributed by atoms with E-state index in [0.29, 0.717) is 32.6 Å². The molecule has 41 heavy (non-hydrogen) atoms. The molecule has 0 unspecified atom stereocenters. The number of carbonyl (C=O) groups excluding carboxylic acids is 2. The Kier molecular flexibility index (Phi) is 9.78. The van der Waals surface area contributed by atoms with E-state index < -0.39 is 0 Å². The van der Waals surface area contributed by atoms with E-state index in [1.807, 2.05) is 47.4 Å². The van der Waals surface area contributed by atoms with Crippen LogP contribution >= 0.6 is 0 Å². The van der Waals surface area contributed by atoms with Crippen LogP contribution < -0.4 is 16.4 Å². The molecular formula is C35H40N4O2. The fourth-order valence-electron chi connectivity index (χ4n) is 5.67. The van der Waals surface area contributed by atoms with Gasteiger partial charge in [0.05, 0.1) is 12.5 Å². The van der Waals surface area contributed by atoms with Gasteiger partial charge >= 0.3 is 0 Å². The standard InChI is InChI=1S/C35H40N4O2/c36-21-7-6-15-33-35(41)39(25-30-13-8-12-29-11-4-5-14-32(29)30)22-20-31(38-33)24-37-34(40)23-26-16-18-28(19-17-26)27-9-2-1-3-10-27/h1-5,8-14,16-19,31,33,38H,6-7,15,20-25,36H2,(H,37,40)/t31-,33-/m1/s1. The molecule has 2 amide bonds. The van der Waals surface area contributed by atoms with Crippen molar-refractivity contribution in [2.75, 3.05) is 19.6 Å². The van der Waals surface area contributed by atoms with E-state index in [-0.39, 0.29) is 23.9 Å². The predicted octanol–water partition coefficient (Wildman–Crippen LogP) is 5.05. The van der Waals surface area contributed by atoms with Gasteiger partial charge in [-0.1, -0.05) is 103 Å². The highest BCUT2D eigenvalue weighted by molar-refractivity contribution is 5.87. The summed E-state index contributed by atoms with van der Waals surface area (Å²) in [7, 11) is 0. The Morgan fingerprint density at radius 2 is 1.61 bits per heavy atom. The molecule has 0 bridgehead atoms. The number of benzene rings is 4. The SMILES string of the molecule is NCCCC[C@H]1N[C@@H](CNC(=O)Cc2ccc(-c3ccccc3)cc2)CCN(Cc2cccc3ccccc23)C1=O. The molecule has 6 heteroatoms. The van der Waals surface area contributed by atoms with Crippen LogP contribution in [-0.2, 0) is 22.6 Å². The van der Waals surface area contributed by atoms with E-state index in [1.165, 1.54) is 10.8 Å². The number of nitrogens with one attached hydrogen (secondary N) is 2. The molecule has 1 fully saturated rings. The van der Waals surface area contributed by atoms with E-state index in [0.717, 1.165) is 47.9 Å². The van der Waals surface area contributed by atoms with Crippen molar-refractivity contribution in [3.63, 3.8) is 0 Å². The molecule has 0 saturated carbocycles. The summed E-state index contributed by atoms with van der Waals surface area (Å²) in [6.45, 7) is 2.33. The lowest BCUT2D eigenvalue weighted by Gasteiger charge is -2.25. The van der Waals surface area contributed by atoms with E-state index >= 15 is 0 Å². The quantitative estimate of drug-likeness (QED) is 0.229. The van der Waals surface area contributed by atoms with E-state index in [9.17, 15) is 9.59 Å². The van der Waals surface area contributed by atoms with Crippen LogP contribution in [0.2, 0.25) is 0 Å². The first-order valence-electron chi connectivity index (χ1n) is 14.7. The van der Waals surface area contributed by atoms with Crippen molar-refractivity contribution >= 4 is 22.6 Å². The van der Waals surface area contributed by atoms with Crippen LogP contribution in [0.4, 0.5) is 0 Å². The van der Waals surface area contributed by atoms with Crippen molar-refractivity contribution in [3.8, 4) is 11.1 Å². The van der Waals surface area contributed by atoms with Crippen LogP contribution in [0.1, 0.15) is 36.8 Å². The lowest BCUT2D eigenvalue weighted by molar-refractivity contribution is -0.133. The minimum atomic E-state index is -0.286. The molecular weight excluding hydrogens is 508 g/mol. The molecule has 4 N–H and O–H groups in total. The summed E-state index contributed by atoms with van der Waals surface area (Å²) in [4.78, 5) is 28.5. The van der Waals surface area contributed by atoms with Gasteiger partial charge in [0.2, 0.25) is 11.8 Å². The molecule has 1 saturated heterocycles. The highest BCUT2D eigenvalue weighted by atomic mass is 16.2. The van der Waals surface area contributed by atoms with Crippen molar-refractivity contribution in [2.24, 2.45) is 5.73 Å². The van der Waals surface area contributed by atoms with Crippen molar-refractivity contribution in [1.82, 2.24) is 15.5 Å². The normalized spacial score (nSPS) is 17.4. The van der Waals surface area contributed by atoms with Crippen LogP contribution in [0.3, 0.4) is 0 Å². The van der Waals surface area contributed by atoms with Crippen LogP contribution in [-0.4, -0.2) is 48.4 Å². The maximum Gasteiger partial charge on any atom is 0.240 e. The molecule has 0 aromatic heterocycles. The molecule has 2 atom stereocenters. The summed E-state index contributed by atoms with van der Waals surface area (Å²) in [6.07, 6.45) is 3.61. The van der Waals surface area contributed by atoms with Gasteiger partial charge in [-0.2, -0.15) is 0 Å². The van der Waals surface area contributed by atoms with Crippen molar-refractivity contribution in [1.29, 1.82) is 0 Å². The monoisotopic (exact) mass is 548 g/mol. The number of carbonyl (C=O) groups is 2. The van der Waals surface area contributed by atoms with Gasteiger partial charge in [0.25, 0.3) is 0 Å². The highest BCUT2D eigenvalue weighted by Gasteiger charge is 2.30. The largest absolute Gasteiger partial charge is 0.354 e. The summed E-state index contributed by atoms with van der Waals surface area (Å²) in [5, 5.41) is 9.05. The summed E-state index contributed by atoms with van der Waals surface area (Å²) >= 11 is 0. The number of hydrogen-bond donors (Lipinski definition) is 3. The number of unbranched alkanes of at least 4 members (excludes halogenated alkanes) is 1. The molecule has 0 spiro atoms. The van der Waals surface area contributed by atoms with Crippen molar-refractivity contribution < 1.29 is 9.59 Å². The van der Waals surface area contributed by atoms with E-state index in [1.54, 1.807) is 0 Å². The molecule has 6 nitrogen and oxygen atoms in total. The van der Waals surface area contributed by atoms with Gasteiger partial charge in [0.15, 0.2) is 0 Å².